The van der Waals surface area contributed by atoms with Gasteiger partial charge < -0.3 is 14.8 Å². The molecule has 31 heavy (non-hydrogen) atoms. The molecule has 0 bridgehead atoms. The third-order valence-electron chi connectivity index (χ3n) is 7.42. The monoisotopic (exact) mass is 430 g/mol. The molecule has 1 aromatic rings. The molecule has 0 radical (unpaired) electrons. The van der Waals surface area contributed by atoms with E-state index in [9.17, 15) is 4.79 Å². The molecule has 2 fully saturated rings. The lowest BCUT2D eigenvalue weighted by atomic mass is 9.94. The zero-order valence-electron chi connectivity index (χ0n) is 20.0. The van der Waals surface area contributed by atoms with Crippen molar-refractivity contribution in [2.75, 3.05) is 33.4 Å². The lowest BCUT2D eigenvalue weighted by Crippen LogP contribution is -2.46. The molecule has 0 aromatic heterocycles. The van der Waals surface area contributed by atoms with Crippen LogP contribution in [0.15, 0.2) is 12.1 Å². The molecule has 5 heteroatoms. The van der Waals surface area contributed by atoms with Gasteiger partial charge in [0.2, 0.25) is 5.91 Å². The highest BCUT2D eigenvalue weighted by molar-refractivity contribution is 5.78. The largest absolute Gasteiger partial charge is 0.491 e. The van der Waals surface area contributed by atoms with Gasteiger partial charge in [0.25, 0.3) is 0 Å². The van der Waals surface area contributed by atoms with Crippen molar-refractivity contribution in [3.8, 4) is 5.75 Å². The number of hydrogen-bond acceptors (Lipinski definition) is 4. The Labute approximate surface area is 188 Å². The SMILES string of the molecule is COCCOc1ccc(C(C)N2CCC(NC(=O)C3CCCCCC3)CC2)c(C)c1C. The number of nitrogens with zero attached hydrogens (tertiary/aromatic N) is 1. The highest BCUT2D eigenvalue weighted by atomic mass is 16.5. The zero-order chi connectivity index (χ0) is 22.2. The van der Waals surface area contributed by atoms with Crippen molar-refractivity contribution in [1.82, 2.24) is 10.2 Å². The van der Waals surface area contributed by atoms with Crippen LogP contribution in [0.5, 0.6) is 5.75 Å². The average Bonchev–Trinajstić information content (AvgIpc) is 3.07. The minimum absolute atomic E-state index is 0.245. The van der Waals surface area contributed by atoms with Crippen LogP contribution in [0.4, 0.5) is 0 Å². The Hall–Kier alpha value is -1.59. The maximum Gasteiger partial charge on any atom is 0.223 e. The first-order chi connectivity index (χ1) is 15.0. The number of carbonyl (C=O) groups is 1. The third-order valence-corrected chi connectivity index (χ3v) is 7.42. The van der Waals surface area contributed by atoms with Crippen molar-refractivity contribution in [3.05, 3.63) is 28.8 Å². The van der Waals surface area contributed by atoms with Crippen molar-refractivity contribution < 1.29 is 14.3 Å². The van der Waals surface area contributed by atoms with Gasteiger partial charge in [-0.3, -0.25) is 9.69 Å². The topological polar surface area (TPSA) is 50.8 Å². The molecule has 1 atom stereocenters. The molecule has 1 aliphatic heterocycles. The minimum Gasteiger partial charge on any atom is -0.491 e. The van der Waals surface area contributed by atoms with Crippen LogP contribution >= 0.6 is 0 Å². The standard InChI is InChI=1S/C26H42N2O3/c1-19-20(2)25(31-18-17-30-4)12-11-24(19)21(3)28-15-13-23(14-16-28)27-26(29)22-9-7-5-6-8-10-22/h11-12,21-23H,5-10,13-18H2,1-4H3,(H,27,29). The molecule has 1 heterocycles. The highest BCUT2D eigenvalue weighted by Crippen LogP contribution is 2.32. The second-order valence-corrected chi connectivity index (χ2v) is 9.43. The first-order valence-electron chi connectivity index (χ1n) is 12.3. The van der Waals surface area contributed by atoms with Crippen molar-refractivity contribution in [2.24, 2.45) is 5.92 Å². The van der Waals surface area contributed by atoms with Gasteiger partial charge in [-0.05, 0) is 69.2 Å². The smallest absolute Gasteiger partial charge is 0.223 e. The Balaban J connectivity index is 1.52. The molecule has 1 amide bonds. The van der Waals surface area contributed by atoms with Gasteiger partial charge in [-0.2, -0.15) is 0 Å². The Morgan fingerprint density at radius 3 is 2.35 bits per heavy atom. The Bertz CT molecular complexity index is 705. The summed E-state index contributed by atoms with van der Waals surface area (Å²) in [5.74, 6) is 1.50. The lowest BCUT2D eigenvalue weighted by molar-refractivity contribution is -0.126. The molecule has 0 spiro atoms. The number of rotatable bonds is 8. The number of nitrogens with one attached hydrogen (secondary N) is 1. The third kappa shape index (κ3) is 6.45. The number of ether oxygens (including phenoxy) is 2. The summed E-state index contributed by atoms with van der Waals surface area (Å²) in [5.41, 5.74) is 3.90. The fraction of sp³-hybridized carbons (Fsp3) is 0.731. The van der Waals surface area contributed by atoms with Crippen LogP contribution in [0.2, 0.25) is 0 Å². The fourth-order valence-corrected chi connectivity index (χ4v) is 5.15. The van der Waals surface area contributed by atoms with Crippen LogP contribution in [0.25, 0.3) is 0 Å². The fourth-order valence-electron chi connectivity index (χ4n) is 5.15. The molecule has 174 valence electrons. The highest BCUT2D eigenvalue weighted by Gasteiger charge is 2.28. The van der Waals surface area contributed by atoms with E-state index >= 15 is 0 Å². The summed E-state index contributed by atoms with van der Waals surface area (Å²) in [7, 11) is 1.69. The van der Waals surface area contributed by atoms with Gasteiger partial charge in [0.15, 0.2) is 0 Å². The molecule has 2 aliphatic rings. The van der Waals surface area contributed by atoms with Crippen molar-refractivity contribution in [3.63, 3.8) is 0 Å². The molecule has 1 unspecified atom stereocenters. The molecular weight excluding hydrogens is 388 g/mol. The first-order valence-corrected chi connectivity index (χ1v) is 12.3. The molecular formula is C26H42N2O3. The zero-order valence-corrected chi connectivity index (χ0v) is 20.0. The van der Waals surface area contributed by atoms with Gasteiger partial charge in [0.1, 0.15) is 12.4 Å². The van der Waals surface area contributed by atoms with E-state index in [-0.39, 0.29) is 5.92 Å². The number of hydrogen-bond donors (Lipinski definition) is 1. The molecule has 1 N–H and O–H groups in total. The van der Waals surface area contributed by atoms with Crippen LogP contribution < -0.4 is 10.1 Å². The van der Waals surface area contributed by atoms with Crippen LogP contribution in [0.1, 0.15) is 81.0 Å². The Morgan fingerprint density at radius 2 is 1.71 bits per heavy atom. The molecule has 1 saturated heterocycles. The summed E-state index contributed by atoms with van der Waals surface area (Å²) in [6, 6.07) is 5.02. The number of carbonyl (C=O) groups excluding carboxylic acids is 1. The van der Waals surface area contributed by atoms with E-state index in [1.165, 1.54) is 42.4 Å². The van der Waals surface area contributed by atoms with Crippen LogP contribution in [0, 0.1) is 19.8 Å². The maximum atomic E-state index is 12.7. The van der Waals surface area contributed by atoms with Gasteiger partial charge in [0.05, 0.1) is 6.61 Å². The van der Waals surface area contributed by atoms with Gasteiger partial charge in [-0.25, -0.2) is 0 Å². The van der Waals surface area contributed by atoms with E-state index in [0.717, 1.165) is 44.5 Å². The van der Waals surface area contributed by atoms with E-state index in [4.69, 9.17) is 9.47 Å². The predicted molar refractivity (Wildman–Crippen MR) is 126 cm³/mol. The number of methoxy groups -OCH3 is 1. The summed E-state index contributed by atoms with van der Waals surface area (Å²) in [6.45, 7) is 9.88. The average molecular weight is 431 g/mol. The van der Waals surface area contributed by atoms with Crippen LogP contribution in [-0.4, -0.2) is 50.3 Å². The predicted octanol–water partition coefficient (Wildman–Crippen LogP) is 4.94. The van der Waals surface area contributed by atoms with E-state index < -0.39 is 0 Å². The molecule has 3 rings (SSSR count). The second kappa shape index (κ2) is 11.9. The number of likely N-dealkylation sites (tertiary alicyclic amines) is 1. The summed E-state index contributed by atoms with van der Waals surface area (Å²) in [4.78, 5) is 15.3. The number of piperidine rings is 1. The van der Waals surface area contributed by atoms with Gasteiger partial charge in [-0.15, -0.1) is 0 Å². The number of amides is 1. The summed E-state index contributed by atoms with van der Waals surface area (Å²) in [5, 5.41) is 3.38. The quantitative estimate of drug-likeness (QED) is 0.469. The second-order valence-electron chi connectivity index (χ2n) is 9.43. The van der Waals surface area contributed by atoms with E-state index in [2.05, 4.69) is 43.1 Å². The van der Waals surface area contributed by atoms with Crippen LogP contribution in [0.3, 0.4) is 0 Å². The first kappa shape index (κ1) is 24.1. The van der Waals surface area contributed by atoms with Gasteiger partial charge >= 0.3 is 0 Å². The van der Waals surface area contributed by atoms with Gasteiger partial charge in [0, 0.05) is 38.2 Å². The summed E-state index contributed by atoms with van der Waals surface area (Å²) < 4.78 is 11.0. The van der Waals surface area contributed by atoms with Crippen molar-refractivity contribution in [1.29, 1.82) is 0 Å². The minimum atomic E-state index is 0.245. The lowest BCUT2D eigenvalue weighted by Gasteiger charge is -2.37. The normalized spacial score (nSPS) is 20.3. The maximum absolute atomic E-state index is 12.7. The van der Waals surface area contributed by atoms with Gasteiger partial charge in [-0.1, -0.05) is 31.7 Å². The van der Waals surface area contributed by atoms with E-state index in [0.29, 0.717) is 31.2 Å². The van der Waals surface area contributed by atoms with Crippen molar-refractivity contribution >= 4 is 5.91 Å². The summed E-state index contributed by atoms with van der Waals surface area (Å²) in [6.07, 6.45) is 9.24. The molecule has 5 nitrogen and oxygen atoms in total. The molecule has 1 aliphatic carbocycles. The molecule has 1 saturated carbocycles. The Morgan fingerprint density at radius 1 is 1.03 bits per heavy atom. The number of benzene rings is 1. The molecule has 1 aromatic carbocycles. The Kier molecular flexibility index (Phi) is 9.21. The van der Waals surface area contributed by atoms with Crippen molar-refractivity contribution in [2.45, 2.75) is 84.2 Å². The van der Waals surface area contributed by atoms with E-state index in [1.807, 2.05) is 0 Å². The van der Waals surface area contributed by atoms with E-state index in [1.54, 1.807) is 7.11 Å². The summed E-state index contributed by atoms with van der Waals surface area (Å²) >= 11 is 0. The van der Waals surface area contributed by atoms with Crippen LogP contribution in [-0.2, 0) is 9.53 Å².